The minimum absolute atomic E-state index is 0.126. The number of benzene rings is 1. The molecule has 0 radical (unpaired) electrons. The Labute approximate surface area is 161 Å². The highest BCUT2D eigenvalue weighted by Gasteiger charge is 2.21. The van der Waals surface area contributed by atoms with Gasteiger partial charge in [-0.1, -0.05) is 30.3 Å². The van der Waals surface area contributed by atoms with Crippen LogP contribution < -0.4 is 4.90 Å². The smallest absolute Gasteiger partial charge is 0.255 e. The SMILES string of the molecule is O=C(c1ccc(N2CCN(Cc3ccccc3)CC2)nc1)N1CCCCC1. The van der Waals surface area contributed by atoms with E-state index < -0.39 is 0 Å². The van der Waals surface area contributed by atoms with Gasteiger partial charge >= 0.3 is 0 Å². The number of amides is 1. The molecule has 0 N–H and O–H groups in total. The molecule has 2 saturated heterocycles. The van der Waals surface area contributed by atoms with E-state index in [9.17, 15) is 4.79 Å². The van der Waals surface area contributed by atoms with Crippen LogP contribution in [0.4, 0.5) is 5.82 Å². The minimum atomic E-state index is 0.126. The molecule has 5 nitrogen and oxygen atoms in total. The minimum Gasteiger partial charge on any atom is -0.354 e. The first kappa shape index (κ1) is 18.0. The van der Waals surface area contributed by atoms with Gasteiger partial charge in [0.05, 0.1) is 5.56 Å². The Morgan fingerprint density at radius 3 is 2.26 bits per heavy atom. The Morgan fingerprint density at radius 2 is 1.59 bits per heavy atom. The molecular weight excluding hydrogens is 336 g/mol. The van der Waals surface area contributed by atoms with Crippen LogP contribution in [-0.2, 0) is 6.54 Å². The van der Waals surface area contributed by atoms with Crippen LogP contribution in [-0.4, -0.2) is 60.0 Å². The number of anilines is 1. The van der Waals surface area contributed by atoms with Gasteiger partial charge in [0.15, 0.2) is 0 Å². The topological polar surface area (TPSA) is 39.7 Å². The lowest BCUT2D eigenvalue weighted by molar-refractivity contribution is 0.0724. The van der Waals surface area contributed by atoms with E-state index >= 15 is 0 Å². The van der Waals surface area contributed by atoms with Crippen LogP contribution in [0, 0.1) is 0 Å². The van der Waals surface area contributed by atoms with Gasteiger partial charge < -0.3 is 9.80 Å². The van der Waals surface area contributed by atoms with Crippen molar-refractivity contribution in [2.75, 3.05) is 44.2 Å². The summed E-state index contributed by atoms with van der Waals surface area (Å²) in [4.78, 5) is 23.9. The Balaban J connectivity index is 1.31. The number of pyridine rings is 1. The monoisotopic (exact) mass is 364 g/mol. The lowest BCUT2D eigenvalue weighted by Crippen LogP contribution is -2.46. The van der Waals surface area contributed by atoms with Gasteiger partial charge in [-0.15, -0.1) is 0 Å². The summed E-state index contributed by atoms with van der Waals surface area (Å²) in [6.45, 7) is 6.77. The summed E-state index contributed by atoms with van der Waals surface area (Å²) < 4.78 is 0. The first-order valence-electron chi connectivity index (χ1n) is 10.1. The van der Waals surface area contributed by atoms with Gasteiger partial charge in [-0.05, 0) is 37.0 Å². The van der Waals surface area contributed by atoms with Crippen LogP contribution in [0.5, 0.6) is 0 Å². The van der Waals surface area contributed by atoms with Gasteiger partial charge in [0.1, 0.15) is 5.82 Å². The molecule has 2 aromatic rings. The van der Waals surface area contributed by atoms with Gasteiger partial charge in [-0.2, -0.15) is 0 Å². The number of carbonyl (C=O) groups excluding carboxylic acids is 1. The maximum absolute atomic E-state index is 12.6. The molecule has 0 bridgehead atoms. The molecule has 0 unspecified atom stereocenters. The van der Waals surface area contributed by atoms with Crippen LogP contribution in [0.1, 0.15) is 35.2 Å². The van der Waals surface area contributed by atoms with Gasteiger partial charge in [-0.3, -0.25) is 9.69 Å². The largest absolute Gasteiger partial charge is 0.354 e. The molecule has 2 fully saturated rings. The third kappa shape index (κ3) is 4.48. The zero-order valence-electron chi connectivity index (χ0n) is 15.9. The second-order valence-corrected chi connectivity index (χ2v) is 7.51. The molecule has 3 heterocycles. The predicted octanol–water partition coefficient (Wildman–Crippen LogP) is 3.03. The van der Waals surface area contributed by atoms with Crippen molar-refractivity contribution in [3.05, 3.63) is 59.8 Å². The second-order valence-electron chi connectivity index (χ2n) is 7.51. The van der Waals surface area contributed by atoms with Crippen LogP contribution in [0.25, 0.3) is 0 Å². The van der Waals surface area contributed by atoms with Crippen molar-refractivity contribution in [2.45, 2.75) is 25.8 Å². The first-order valence-corrected chi connectivity index (χ1v) is 10.1. The van der Waals surface area contributed by atoms with Crippen molar-refractivity contribution in [3.63, 3.8) is 0 Å². The van der Waals surface area contributed by atoms with E-state index in [2.05, 4.69) is 45.1 Å². The highest BCUT2D eigenvalue weighted by atomic mass is 16.2. The zero-order valence-corrected chi connectivity index (χ0v) is 15.9. The summed E-state index contributed by atoms with van der Waals surface area (Å²) in [6, 6.07) is 14.6. The molecule has 1 aromatic heterocycles. The van der Waals surface area contributed by atoms with Crippen molar-refractivity contribution in [1.82, 2.24) is 14.8 Å². The fourth-order valence-electron chi connectivity index (χ4n) is 3.96. The molecule has 27 heavy (non-hydrogen) atoms. The van der Waals surface area contributed by atoms with Crippen LogP contribution >= 0.6 is 0 Å². The van der Waals surface area contributed by atoms with Crippen molar-refractivity contribution in [3.8, 4) is 0 Å². The summed E-state index contributed by atoms with van der Waals surface area (Å²) in [7, 11) is 0. The molecule has 0 saturated carbocycles. The maximum Gasteiger partial charge on any atom is 0.255 e. The molecule has 0 spiro atoms. The maximum atomic E-state index is 12.6. The van der Waals surface area contributed by atoms with Gasteiger partial charge in [-0.25, -0.2) is 4.98 Å². The lowest BCUT2D eigenvalue weighted by Gasteiger charge is -2.35. The summed E-state index contributed by atoms with van der Waals surface area (Å²) in [5.74, 6) is 1.10. The predicted molar refractivity (Wildman–Crippen MR) is 108 cm³/mol. The molecular formula is C22H28N4O. The fourth-order valence-corrected chi connectivity index (χ4v) is 3.96. The number of carbonyl (C=O) groups is 1. The summed E-state index contributed by atoms with van der Waals surface area (Å²) in [5, 5.41) is 0. The van der Waals surface area contributed by atoms with E-state index in [1.165, 1.54) is 12.0 Å². The van der Waals surface area contributed by atoms with Gasteiger partial charge in [0.25, 0.3) is 5.91 Å². The fraction of sp³-hybridized carbons (Fsp3) is 0.455. The highest BCUT2D eigenvalue weighted by Crippen LogP contribution is 2.18. The van der Waals surface area contributed by atoms with Crippen LogP contribution in [0.2, 0.25) is 0 Å². The van der Waals surface area contributed by atoms with Crippen molar-refractivity contribution in [2.24, 2.45) is 0 Å². The molecule has 1 aromatic carbocycles. The number of piperazine rings is 1. The second kappa shape index (κ2) is 8.53. The average Bonchev–Trinajstić information content (AvgIpc) is 2.75. The standard InChI is InChI=1S/C22H28N4O/c27-22(26-11-5-2-6-12-26)20-9-10-21(23-17-20)25-15-13-24(14-16-25)18-19-7-3-1-4-8-19/h1,3-4,7-10,17H,2,5-6,11-16,18H2. The Morgan fingerprint density at radius 1 is 0.852 bits per heavy atom. The molecule has 0 atom stereocenters. The van der Waals surface area contributed by atoms with E-state index in [4.69, 9.17) is 0 Å². The number of hydrogen-bond donors (Lipinski definition) is 0. The van der Waals surface area contributed by atoms with Gasteiger partial charge in [0, 0.05) is 52.0 Å². The van der Waals surface area contributed by atoms with Crippen molar-refractivity contribution in [1.29, 1.82) is 0 Å². The summed E-state index contributed by atoms with van der Waals surface area (Å²) >= 11 is 0. The number of likely N-dealkylation sites (tertiary alicyclic amines) is 1. The molecule has 4 rings (SSSR count). The highest BCUT2D eigenvalue weighted by molar-refractivity contribution is 5.94. The van der Waals surface area contributed by atoms with E-state index in [0.29, 0.717) is 5.56 Å². The number of rotatable bonds is 4. The van der Waals surface area contributed by atoms with Crippen LogP contribution in [0.15, 0.2) is 48.7 Å². The van der Waals surface area contributed by atoms with Gasteiger partial charge in [0.2, 0.25) is 0 Å². The summed E-state index contributed by atoms with van der Waals surface area (Å²) in [6.07, 6.45) is 5.22. The average molecular weight is 364 g/mol. The Kier molecular flexibility index (Phi) is 5.68. The van der Waals surface area contributed by atoms with E-state index in [-0.39, 0.29) is 5.91 Å². The molecule has 2 aliphatic rings. The first-order chi connectivity index (χ1) is 13.3. The zero-order chi connectivity index (χ0) is 18.5. The Hall–Kier alpha value is -2.40. The number of piperidine rings is 1. The van der Waals surface area contributed by atoms with Crippen molar-refractivity contribution >= 4 is 11.7 Å². The molecule has 142 valence electrons. The van der Waals surface area contributed by atoms with Crippen LogP contribution in [0.3, 0.4) is 0 Å². The molecule has 2 aliphatic heterocycles. The normalized spacial score (nSPS) is 18.5. The number of nitrogens with zero attached hydrogens (tertiary/aromatic N) is 4. The van der Waals surface area contributed by atoms with E-state index in [0.717, 1.165) is 64.5 Å². The molecule has 5 heteroatoms. The number of hydrogen-bond acceptors (Lipinski definition) is 4. The molecule has 0 aliphatic carbocycles. The quantitative estimate of drug-likeness (QED) is 0.836. The Bertz CT molecular complexity index is 733. The van der Waals surface area contributed by atoms with E-state index in [1.54, 1.807) is 6.20 Å². The number of aromatic nitrogens is 1. The summed E-state index contributed by atoms with van der Waals surface area (Å²) in [5.41, 5.74) is 2.08. The third-order valence-corrected chi connectivity index (χ3v) is 5.58. The molecule has 1 amide bonds. The van der Waals surface area contributed by atoms with Crippen molar-refractivity contribution < 1.29 is 4.79 Å². The third-order valence-electron chi connectivity index (χ3n) is 5.58. The lowest BCUT2D eigenvalue weighted by atomic mass is 10.1. The van der Waals surface area contributed by atoms with E-state index in [1.807, 2.05) is 17.0 Å².